The second-order valence-electron chi connectivity index (χ2n) is 2.47. The summed E-state index contributed by atoms with van der Waals surface area (Å²) in [7, 11) is 0. The Morgan fingerprint density at radius 2 is 2.11 bits per heavy atom. The van der Waals surface area contributed by atoms with E-state index >= 15 is 0 Å². The van der Waals surface area contributed by atoms with Gasteiger partial charge in [0.05, 0.1) is 0 Å². The van der Waals surface area contributed by atoms with E-state index in [2.05, 4.69) is 19.2 Å². The van der Waals surface area contributed by atoms with Crippen molar-refractivity contribution in [1.82, 2.24) is 5.32 Å². The van der Waals surface area contributed by atoms with Crippen LogP contribution in [0.25, 0.3) is 0 Å². The van der Waals surface area contributed by atoms with Crippen molar-refractivity contribution in [3.63, 3.8) is 0 Å². The summed E-state index contributed by atoms with van der Waals surface area (Å²) in [5, 5.41) is 3.27. The molecule has 0 saturated carbocycles. The third-order valence-corrected chi connectivity index (χ3v) is 1.85. The number of hydrogen-bond donors (Lipinski definition) is 1. The first kappa shape index (κ1) is 10.1. The van der Waals surface area contributed by atoms with Gasteiger partial charge in [-0.3, -0.25) is 0 Å². The van der Waals surface area contributed by atoms with Crippen LogP contribution in [0.4, 0.5) is 0 Å². The van der Waals surface area contributed by atoms with Crippen LogP contribution in [0, 0.1) is 25.7 Å². The van der Waals surface area contributed by atoms with Crippen LogP contribution in [-0.2, 0) is 32.7 Å². The summed E-state index contributed by atoms with van der Waals surface area (Å²) < 4.78 is 0. The Hall–Kier alpha value is 1.06. The minimum atomic E-state index is 0. The van der Waals surface area contributed by atoms with Crippen molar-refractivity contribution in [1.29, 1.82) is 0 Å². The zero-order valence-electron chi connectivity index (χ0n) is 5.77. The maximum Gasteiger partial charge on any atom is 0 e. The molecule has 2 unspecified atom stereocenters. The molecular formula is C7H13NY-2. The zero-order valence-corrected chi connectivity index (χ0v) is 8.61. The Kier molecular flexibility index (Phi) is 5.38. The quantitative estimate of drug-likeness (QED) is 0.619. The van der Waals surface area contributed by atoms with Crippen molar-refractivity contribution in [2.75, 3.05) is 13.1 Å². The summed E-state index contributed by atoms with van der Waals surface area (Å²) in [5.41, 5.74) is 0. The van der Waals surface area contributed by atoms with Crippen molar-refractivity contribution in [2.45, 2.75) is 6.42 Å². The van der Waals surface area contributed by atoms with Crippen LogP contribution >= 0.6 is 0 Å². The first-order chi connectivity index (χ1) is 3.84. The molecule has 1 aliphatic rings. The third-order valence-electron chi connectivity index (χ3n) is 1.85. The van der Waals surface area contributed by atoms with Crippen LogP contribution in [0.2, 0.25) is 0 Å². The average Bonchev–Trinajstić information content (AvgIpc) is 2.14. The van der Waals surface area contributed by atoms with E-state index in [0.717, 1.165) is 25.4 Å². The van der Waals surface area contributed by atoms with E-state index in [1.807, 2.05) is 0 Å². The van der Waals surface area contributed by atoms with Crippen LogP contribution in [0.1, 0.15) is 6.42 Å². The van der Waals surface area contributed by atoms with Gasteiger partial charge in [0.2, 0.25) is 0 Å². The van der Waals surface area contributed by atoms with E-state index in [9.17, 15) is 0 Å². The number of hydrogen-bond acceptors (Lipinski definition) is 1. The molecule has 9 heavy (non-hydrogen) atoms. The summed E-state index contributed by atoms with van der Waals surface area (Å²) >= 11 is 0. The Bertz CT molecular complexity index is 75.3. The van der Waals surface area contributed by atoms with Gasteiger partial charge in [-0.15, -0.1) is 0 Å². The largest absolute Gasteiger partial charge is 0.343 e. The van der Waals surface area contributed by atoms with Gasteiger partial charge in [0.25, 0.3) is 0 Å². The monoisotopic (exact) mass is 200 g/mol. The smallest absolute Gasteiger partial charge is 0 e. The molecule has 2 heteroatoms. The molecule has 1 heterocycles. The minimum absolute atomic E-state index is 0. The molecule has 1 nitrogen and oxygen atoms in total. The van der Waals surface area contributed by atoms with E-state index in [4.69, 9.17) is 0 Å². The van der Waals surface area contributed by atoms with Gasteiger partial charge in [0, 0.05) is 32.7 Å². The number of rotatable bonds is 1. The zero-order chi connectivity index (χ0) is 5.98. The molecule has 1 saturated heterocycles. The standard InChI is InChI=1S/C7H13N.Y/c1-3-7-5-8-4-6(7)2;/h6-8H,1-5H2;/q-2;. The Morgan fingerprint density at radius 1 is 1.44 bits per heavy atom. The summed E-state index contributed by atoms with van der Waals surface area (Å²) in [6.07, 6.45) is 1.03. The molecule has 0 amide bonds. The second-order valence-corrected chi connectivity index (χ2v) is 2.47. The molecule has 51 valence electrons. The predicted molar refractivity (Wildman–Crippen MR) is 35.2 cm³/mol. The fourth-order valence-corrected chi connectivity index (χ4v) is 1.13. The Labute approximate surface area is 82.9 Å². The maximum absolute atomic E-state index is 3.99. The van der Waals surface area contributed by atoms with Crippen LogP contribution in [0.5, 0.6) is 0 Å². The van der Waals surface area contributed by atoms with Gasteiger partial charge in [-0.1, -0.05) is 5.92 Å². The van der Waals surface area contributed by atoms with Crippen molar-refractivity contribution >= 4 is 0 Å². The molecule has 1 rings (SSSR count). The SMILES string of the molecule is [CH2-]CC1CNCC1[CH2-].[Y]. The van der Waals surface area contributed by atoms with Gasteiger partial charge in [-0.25, -0.2) is 0 Å². The minimum Gasteiger partial charge on any atom is -0.343 e. The molecule has 1 radical (unpaired) electrons. The van der Waals surface area contributed by atoms with Crippen molar-refractivity contribution < 1.29 is 32.7 Å². The summed E-state index contributed by atoms with van der Waals surface area (Å²) in [6, 6.07) is 0. The summed E-state index contributed by atoms with van der Waals surface area (Å²) in [6.45, 7) is 10.0. The molecule has 1 aliphatic heterocycles. The van der Waals surface area contributed by atoms with Crippen molar-refractivity contribution in [3.8, 4) is 0 Å². The molecule has 0 aliphatic carbocycles. The van der Waals surface area contributed by atoms with Gasteiger partial charge in [0.1, 0.15) is 0 Å². The van der Waals surface area contributed by atoms with Gasteiger partial charge in [-0.05, 0) is 13.1 Å². The van der Waals surface area contributed by atoms with E-state index in [1.165, 1.54) is 0 Å². The van der Waals surface area contributed by atoms with Gasteiger partial charge < -0.3 is 19.2 Å². The first-order valence-electron chi connectivity index (χ1n) is 3.17. The maximum atomic E-state index is 3.99. The molecule has 0 aromatic rings. The molecular weight excluding hydrogens is 187 g/mol. The third kappa shape index (κ3) is 2.65. The molecule has 0 spiro atoms. The first-order valence-corrected chi connectivity index (χ1v) is 3.17. The summed E-state index contributed by atoms with van der Waals surface area (Å²) in [5.74, 6) is 1.34. The van der Waals surface area contributed by atoms with Gasteiger partial charge in [-0.2, -0.15) is 12.3 Å². The molecule has 2 atom stereocenters. The molecule has 1 fully saturated rings. The van der Waals surface area contributed by atoms with Crippen molar-refractivity contribution in [3.05, 3.63) is 13.8 Å². The van der Waals surface area contributed by atoms with Gasteiger partial charge in [0.15, 0.2) is 0 Å². The molecule has 0 bridgehead atoms. The average molecular weight is 200 g/mol. The topological polar surface area (TPSA) is 12.0 Å². The van der Waals surface area contributed by atoms with Crippen LogP contribution in [0.15, 0.2) is 0 Å². The van der Waals surface area contributed by atoms with Crippen LogP contribution in [-0.4, -0.2) is 13.1 Å². The van der Waals surface area contributed by atoms with E-state index in [0.29, 0.717) is 5.92 Å². The Morgan fingerprint density at radius 3 is 2.33 bits per heavy atom. The number of nitrogens with one attached hydrogen (secondary N) is 1. The Balaban J connectivity index is 0.000000640. The van der Waals surface area contributed by atoms with E-state index < -0.39 is 0 Å². The molecule has 1 N–H and O–H groups in total. The van der Waals surface area contributed by atoms with Crippen molar-refractivity contribution in [2.24, 2.45) is 11.8 Å². The fourth-order valence-electron chi connectivity index (χ4n) is 1.13. The second kappa shape index (κ2) is 4.81. The predicted octanol–water partition coefficient (Wildman–Crippen LogP) is 0.878. The normalized spacial score (nSPS) is 34.0. The van der Waals surface area contributed by atoms with Crippen LogP contribution < -0.4 is 5.32 Å². The molecule has 0 aromatic heterocycles. The van der Waals surface area contributed by atoms with E-state index in [-0.39, 0.29) is 32.7 Å². The summed E-state index contributed by atoms with van der Waals surface area (Å²) in [4.78, 5) is 0. The van der Waals surface area contributed by atoms with E-state index in [1.54, 1.807) is 0 Å². The molecule has 0 aromatic carbocycles. The fraction of sp³-hybridized carbons (Fsp3) is 0.714. The van der Waals surface area contributed by atoms with Crippen LogP contribution in [0.3, 0.4) is 0 Å². The van der Waals surface area contributed by atoms with Gasteiger partial charge >= 0.3 is 0 Å².